The van der Waals surface area contributed by atoms with Crippen molar-refractivity contribution in [3.05, 3.63) is 36.5 Å². The molecule has 1 unspecified atom stereocenters. The standard InChI is InChI=1S/C10H7N2O3/c1-2-4-8-7(3-1)13-5-9(15-8)10-12-11-6-14-10/h2-4,6,9H,5H2. The molecule has 0 N–H and O–H groups in total. The summed E-state index contributed by atoms with van der Waals surface area (Å²) in [6.45, 7) is 0.368. The van der Waals surface area contributed by atoms with Crippen molar-refractivity contribution in [1.82, 2.24) is 10.2 Å². The molecule has 1 aliphatic rings. The molecule has 5 heteroatoms. The fourth-order valence-electron chi connectivity index (χ4n) is 1.41. The summed E-state index contributed by atoms with van der Waals surface area (Å²) in [6.07, 6.45) is 0.940. The molecule has 2 aromatic rings. The predicted molar refractivity (Wildman–Crippen MR) is 48.4 cm³/mol. The molecular weight excluding hydrogens is 196 g/mol. The minimum atomic E-state index is -0.331. The van der Waals surface area contributed by atoms with Crippen LogP contribution in [0.1, 0.15) is 12.0 Å². The van der Waals surface area contributed by atoms with E-state index in [0.717, 1.165) is 0 Å². The Bertz CT molecular complexity index is 455. The smallest absolute Gasteiger partial charge is 0.260 e. The summed E-state index contributed by atoms with van der Waals surface area (Å²) in [7, 11) is 0. The lowest BCUT2D eigenvalue weighted by atomic mass is 10.2. The van der Waals surface area contributed by atoms with E-state index in [0.29, 0.717) is 24.0 Å². The normalized spacial score (nSPS) is 18.8. The van der Waals surface area contributed by atoms with Crippen LogP contribution in [0, 0.1) is 6.07 Å². The Morgan fingerprint density at radius 3 is 3.27 bits per heavy atom. The molecule has 0 fully saturated rings. The van der Waals surface area contributed by atoms with Crippen LogP contribution in [-0.4, -0.2) is 16.8 Å². The van der Waals surface area contributed by atoms with Crippen molar-refractivity contribution in [2.75, 3.05) is 6.61 Å². The van der Waals surface area contributed by atoms with Gasteiger partial charge in [0.1, 0.15) is 6.61 Å². The number of fused-ring (bicyclic) bond motifs is 1. The summed E-state index contributed by atoms with van der Waals surface area (Å²) in [6, 6.07) is 8.20. The minimum Gasteiger partial charge on any atom is -0.485 e. The highest BCUT2D eigenvalue weighted by Crippen LogP contribution is 2.34. The van der Waals surface area contributed by atoms with E-state index in [4.69, 9.17) is 13.9 Å². The molecule has 0 amide bonds. The van der Waals surface area contributed by atoms with Gasteiger partial charge in [0.2, 0.25) is 12.5 Å². The SMILES string of the molecule is [c]1ccc2c(c1)OCC(c1nnco1)O2. The van der Waals surface area contributed by atoms with Crippen molar-refractivity contribution < 1.29 is 13.9 Å². The van der Waals surface area contributed by atoms with Gasteiger partial charge in [-0.3, -0.25) is 0 Å². The Labute approximate surface area is 85.6 Å². The van der Waals surface area contributed by atoms with Gasteiger partial charge in [-0.25, -0.2) is 0 Å². The topological polar surface area (TPSA) is 57.4 Å². The van der Waals surface area contributed by atoms with Crippen molar-refractivity contribution in [1.29, 1.82) is 0 Å². The average Bonchev–Trinajstić information content (AvgIpc) is 2.82. The van der Waals surface area contributed by atoms with Gasteiger partial charge in [0.25, 0.3) is 5.89 Å². The summed E-state index contributed by atoms with van der Waals surface area (Å²) in [5.74, 6) is 1.78. The maximum Gasteiger partial charge on any atom is 0.260 e. The molecule has 15 heavy (non-hydrogen) atoms. The molecule has 0 saturated heterocycles. The van der Waals surface area contributed by atoms with Gasteiger partial charge >= 0.3 is 0 Å². The van der Waals surface area contributed by atoms with E-state index >= 15 is 0 Å². The quantitative estimate of drug-likeness (QED) is 0.700. The first-order chi connectivity index (χ1) is 7.43. The van der Waals surface area contributed by atoms with Crippen LogP contribution < -0.4 is 9.47 Å². The number of nitrogens with zero attached hydrogens (tertiary/aromatic N) is 2. The zero-order chi connectivity index (χ0) is 10.1. The van der Waals surface area contributed by atoms with E-state index in [2.05, 4.69) is 16.3 Å². The highest BCUT2D eigenvalue weighted by molar-refractivity contribution is 5.40. The molecule has 75 valence electrons. The van der Waals surface area contributed by atoms with Crippen LogP contribution in [0.15, 0.2) is 29.0 Å². The minimum absolute atomic E-state index is 0.331. The van der Waals surface area contributed by atoms with Gasteiger partial charge in [-0.2, -0.15) is 0 Å². The second-order valence-electron chi connectivity index (χ2n) is 3.07. The lowest BCUT2D eigenvalue weighted by Gasteiger charge is -2.23. The van der Waals surface area contributed by atoms with E-state index in [1.165, 1.54) is 6.39 Å². The first kappa shape index (κ1) is 8.28. The van der Waals surface area contributed by atoms with Crippen molar-refractivity contribution in [3.63, 3.8) is 0 Å². The lowest BCUT2D eigenvalue weighted by Crippen LogP contribution is -2.21. The molecule has 1 aromatic carbocycles. The van der Waals surface area contributed by atoms with Crippen molar-refractivity contribution >= 4 is 0 Å². The van der Waals surface area contributed by atoms with Crippen LogP contribution in [0.3, 0.4) is 0 Å². The maximum absolute atomic E-state index is 5.64. The first-order valence-corrected chi connectivity index (χ1v) is 4.49. The Morgan fingerprint density at radius 2 is 2.40 bits per heavy atom. The second-order valence-corrected chi connectivity index (χ2v) is 3.07. The van der Waals surface area contributed by atoms with Gasteiger partial charge in [-0.1, -0.05) is 6.07 Å². The van der Waals surface area contributed by atoms with Crippen molar-refractivity contribution in [2.24, 2.45) is 0 Å². The number of hydrogen-bond donors (Lipinski definition) is 0. The molecule has 0 spiro atoms. The van der Waals surface area contributed by atoms with Gasteiger partial charge in [0.15, 0.2) is 11.5 Å². The summed E-state index contributed by atoms with van der Waals surface area (Å²) in [5.41, 5.74) is 0. The zero-order valence-corrected chi connectivity index (χ0v) is 7.71. The third kappa shape index (κ3) is 1.41. The van der Waals surface area contributed by atoms with Crippen LogP contribution in [0.25, 0.3) is 0 Å². The van der Waals surface area contributed by atoms with Crippen LogP contribution >= 0.6 is 0 Å². The molecule has 0 aliphatic carbocycles. The van der Waals surface area contributed by atoms with Gasteiger partial charge < -0.3 is 13.9 Å². The largest absolute Gasteiger partial charge is 0.485 e. The van der Waals surface area contributed by atoms with E-state index < -0.39 is 0 Å². The molecular formula is C10H7N2O3. The molecule has 0 bridgehead atoms. The zero-order valence-electron chi connectivity index (χ0n) is 7.71. The van der Waals surface area contributed by atoms with Gasteiger partial charge in [-0.15, -0.1) is 10.2 Å². The molecule has 1 aliphatic heterocycles. The monoisotopic (exact) mass is 203 g/mol. The number of hydrogen-bond acceptors (Lipinski definition) is 5. The summed E-state index contributed by atoms with van der Waals surface area (Å²) >= 11 is 0. The first-order valence-electron chi connectivity index (χ1n) is 4.49. The van der Waals surface area contributed by atoms with E-state index in [9.17, 15) is 0 Å². The van der Waals surface area contributed by atoms with Gasteiger partial charge in [0.05, 0.1) is 0 Å². The van der Waals surface area contributed by atoms with E-state index in [1.807, 2.05) is 0 Å². The highest BCUT2D eigenvalue weighted by atomic mass is 16.6. The Balaban J connectivity index is 1.89. The third-order valence-electron chi connectivity index (χ3n) is 2.10. The molecule has 2 heterocycles. The summed E-state index contributed by atoms with van der Waals surface area (Å²) in [5, 5.41) is 7.38. The maximum atomic E-state index is 5.64. The number of rotatable bonds is 1. The van der Waals surface area contributed by atoms with Crippen LogP contribution in [0.4, 0.5) is 0 Å². The van der Waals surface area contributed by atoms with Gasteiger partial charge in [-0.05, 0) is 18.2 Å². The number of benzene rings is 1. The van der Waals surface area contributed by atoms with Crippen LogP contribution in [-0.2, 0) is 0 Å². The lowest BCUT2D eigenvalue weighted by molar-refractivity contribution is 0.0712. The third-order valence-corrected chi connectivity index (χ3v) is 2.10. The van der Waals surface area contributed by atoms with Crippen LogP contribution in [0.5, 0.6) is 11.5 Å². The summed E-state index contributed by atoms with van der Waals surface area (Å²) in [4.78, 5) is 0. The molecule has 0 saturated carbocycles. The average molecular weight is 203 g/mol. The Morgan fingerprint density at radius 1 is 1.40 bits per heavy atom. The Hall–Kier alpha value is -2.04. The van der Waals surface area contributed by atoms with E-state index in [1.54, 1.807) is 18.2 Å². The van der Waals surface area contributed by atoms with Crippen molar-refractivity contribution in [3.8, 4) is 11.5 Å². The molecule has 5 nitrogen and oxygen atoms in total. The molecule has 1 radical (unpaired) electrons. The fourth-order valence-corrected chi connectivity index (χ4v) is 1.41. The Kier molecular flexibility index (Phi) is 1.81. The van der Waals surface area contributed by atoms with Crippen molar-refractivity contribution in [2.45, 2.75) is 6.10 Å². The second kappa shape index (κ2) is 3.27. The predicted octanol–water partition coefficient (Wildman–Crippen LogP) is 1.38. The van der Waals surface area contributed by atoms with Gasteiger partial charge in [0, 0.05) is 0 Å². The fraction of sp³-hybridized carbons (Fsp3) is 0.200. The highest BCUT2D eigenvalue weighted by Gasteiger charge is 2.25. The van der Waals surface area contributed by atoms with Crippen LogP contribution in [0.2, 0.25) is 0 Å². The number of ether oxygens (including phenoxy) is 2. The van der Waals surface area contributed by atoms with E-state index in [-0.39, 0.29) is 6.10 Å². The molecule has 3 rings (SSSR count). The number of aromatic nitrogens is 2. The molecule has 1 aromatic heterocycles. The molecule has 1 atom stereocenters. The summed E-state index contributed by atoms with van der Waals surface area (Å²) < 4.78 is 16.2.